The number of nitrogens with zero attached hydrogens (tertiary/aromatic N) is 5. The summed E-state index contributed by atoms with van der Waals surface area (Å²) in [5.41, 5.74) is 2.16. The summed E-state index contributed by atoms with van der Waals surface area (Å²) in [4.78, 5) is 56.1. The van der Waals surface area contributed by atoms with Gasteiger partial charge in [0.2, 0.25) is 5.91 Å². The number of aliphatic carboxylic acids is 1. The number of carbonyl (C=O) groups is 3. The summed E-state index contributed by atoms with van der Waals surface area (Å²) in [6.07, 6.45) is 19.5. The van der Waals surface area contributed by atoms with Gasteiger partial charge in [0.25, 0.3) is 0 Å². The lowest BCUT2D eigenvalue weighted by Crippen LogP contribution is -2.70. The van der Waals surface area contributed by atoms with Crippen molar-refractivity contribution in [3.8, 4) is 11.3 Å². The molecular formula is C56H83N5O5. The van der Waals surface area contributed by atoms with Gasteiger partial charge in [0.15, 0.2) is 0 Å². The molecular weight excluding hydrogens is 823 g/mol. The Balaban J connectivity index is 1.01. The first kappa shape index (κ1) is 47.5. The molecule has 2 aromatic heterocycles. The van der Waals surface area contributed by atoms with Crippen LogP contribution in [-0.4, -0.2) is 80.6 Å². The lowest BCUT2D eigenvalue weighted by Gasteiger charge is -2.76. The first-order chi connectivity index (χ1) is 31.0. The van der Waals surface area contributed by atoms with E-state index in [-0.39, 0.29) is 57.0 Å². The van der Waals surface area contributed by atoms with Gasteiger partial charge in [-0.15, -0.1) is 6.58 Å². The normalized spacial score (nSPS) is 40.9. The Bertz CT molecular complexity index is 2230. The first-order valence-electron chi connectivity index (χ1n) is 26.0. The molecule has 1 saturated heterocycles. The fourth-order valence-corrected chi connectivity index (χ4v) is 18.0. The van der Waals surface area contributed by atoms with Gasteiger partial charge in [-0.2, -0.15) is 0 Å². The summed E-state index contributed by atoms with van der Waals surface area (Å²) in [6.45, 7) is 28.3. The van der Waals surface area contributed by atoms with E-state index in [2.05, 4.69) is 101 Å². The Morgan fingerprint density at radius 3 is 2.27 bits per heavy atom. The molecule has 7 fully saturated rings. The van der Waals surface area contributed by atoms with Crippen molar-refractivity contribution >= 4 is 17.8 Å². The van der Waals surface area contributed by atoms with E-state index in [1.54, 1.807) is 0 Å². The highest BCUT2D eigenvalue weighted by molar-refractivity contribution is 5.85. The third-order valence-corrected chi connectivity index (χ3v) is 21.8. The van der Waals surface area contributed by atoms with Crippen LogP contribution < -0.4 is 0 Å². The van der Waals surface area contributed by atoms with Gasteiger partial charge < -0.3 is 24.2 Å². The lowest BCUT2D eigenvalue weighted by atomic mass is 9.29. The second-order valence-electron chi connectivity index (χ2n) is 25.6. The number of fused-ring (bicyclic) bond motifs is 7. The van der Waals surface area contributed by atoms with Crippen molar-refractivity contribution in [2.45, 2.75) is 171 Å². The van der Waals surface area contributed by atoms with Crippen molar-refractivity contribution < 1.29 is 24.2 Å². The molecule has 1 amide bonds. The van der Waals surface area contributed by atoms with Gasteiger partial charge in [0.05, 0.1) is 29.0 Å². The maximum absolute atomic E-state index is 16.1. The number of hydrogen-bond acceptors (Lipinski definition) is 7. The van der Waals surface area contributed by atoms with E-state index in [0.29, 0.717) is 30.1 Å². The zero-order valence-corrected chi connectivity index (χ0v) is 42.5. The zero-order valence-electron chi connectivity index (χ0n) is 42.5. The third kappa shape index (κ3) is 6.87. The minimum Gasteiger partial charge on any atom is -0.481 e. The summed E-state index contributed by atoms with van der Waals surface area (Å²) in [7, 11) is 4.23. The van der Waals surface area contributed by atoms with E-state index in [1.807, 2.05) is 32.3 Å². The molecule has 10 nitrogen and oxygen atoms in total. The highest BCUT2D eigenvalue weighted by atomic mass is 16.5. The van der Waals surface area contributed by atoms with Crippen LogP contribution in [0.5, 0.6) is 0 Å². The van der Waals surface area contributed by atoms with E-state index < -0.39 is 22.7 Å². The van der Waals surface area contributed by atoms with Crippen LogP contribution in [0.25, 0.3) is 11.3 Å². The second-order valence-corrected chi connectivity index (χ2v) is 25.6. The average molecular weight is 906 g/mol. The standard InChI is InChI=1S/C56H83N5O5/c1-35(2)31-36-17-24-56(49(65)61-28-14-16-41(61)46-58-40(37-15-13-27-57-33-37)34-60(46)30-29-59(11)12)26-25-55(10)53(8)22-18-42-51(5,6)44(66-48(64)39-32-38(47(62)63)50(39,3)4)20-21-52(42,7)43(53)19-23-54(55,9)45(36)56/h13,15,27,33-34,36,38-39,41-45H,1,14,16-26,28-32H2,2-12H3,(H,62,63)/t36-,38-,39+,41-,42-,43+,44-,45+,52-,53+,54+,55-,56-/m0/s1. The van der Waals surface area contributed by atoms with E-state index >= 15 is 4.79 Å². The average Bonchev–Trinajstić information content (AvgIpc) is 3.99. The molecule has 0 spiro atoms. The Kier molecular flexibility index (Phi) is 11.7. The van der Waals surface area contributed by atoms with Crippen molar-refractivity contribution in [2.24, 2.45) is 73.4 Å². The Morgan fingerprint density at radius 1 is 0.879 bits per heavy atom. The number of imidazole rings is 1. The Morgan fingerprint density at radius 2 is 1.61 bits per heavy atom. The Labute approximate surface area is 396 Å². The van der Waals surface area contributed by atoms with Gasteiger partial charge in [0.1, 0.15) is 11.9 Å². The SMILES string of the molecule is C=C(C)C[C@@H]1CC[C@]2(C(=O)N3CCC[C@H]3c3nc(-c4cccnc4)cn3CCN(C)C)CC[C@@]3(C)[C@]4(C)CC[C@H]5C(C)(C)[C@@H](OC(=O)[C@H]6C[C@@H](C(=O)O)C6(C)C)CC[C@]5(C)[C@H]4CC[C@]3(C)[C@@H]12. The van der Waals surface area contributed by atoms with Gasteiger partial charge in [-0.05, 0) is 174 Å². The maximum Gasteiger partial charge on any atom is 0.309 e. The highest BCUT2D eigenvalue weighted by Crippen LogP contribution is 2.81. The molecule has 6 saturated carbocycles. The second kappa shape index (κ2) is 16.3. The van der Waals surface area contributed by atoms with Gasteiger partial charge in [-0.3, -0.25) is 19.4 Å². The molecule has 66 heavy (non-hydrogen) atoms. The summed E-state index contributed by atoms with van der Waals surface area (Å²) in [6, 6.07) is 4.00. The van der Waals surface area contributed by atoms with Crippen LogP contribution >= 0.6 is 0 Å². The van der Waals surface area contributed by atoms with Gasteiger partial charge in [-0.1, -0.05) is 61.0 Å². The molecule has 2 aromatic rings. The third-order valence-electron chi connectivity index (χ3n) is 21.8. The minimum absolute atomic E-state index is 0.0233. The van der Waals surface area contributed by atoms with E-state index in [0.717, 1.165) is 120 Å². The molecule has 6 aliphatic carbocycles. The van der Waals surface area contributed by atoms with Crippen LogP contribution in [0, 0.1) is 73.4 Å². The molecule has 10 heteroatoms. The van der Waals surface area contributed by atoms with Crippen LogP contribution in [0.15, 0.2) is 42.9 Å². The monoisotopic (exact) mass is 906 g/mol. The molecule has 7 aliphatic rings. The van der Waals surface area contributed by atoms with Crippen molar-refractivity contribution in [1.29, 1.82) is 0 Å². The quantitative estimate of drug-likeness (QED) is 0.175. The lowest BCUT2D eigenvalue weighted by molar-refractivity contribution is -0.278. The molecule has 0 radical (unpaired) electrons. The number of ether oxygens (including phenoxy) is 1. The summed E-state index contributed by atoms with van der Waals surface area (Å²) >= 11 is 0. The molecule has 3 heterocycles. The van der Waals surface area contributed by atoms with E-state index in [1.165, 1.54) is 5.57 Å². The summed E-state index contributed by atoms with van der Waals surface area (Å²) < 4.78 is 8.85. The summed E-state index contributed by atoms with van der Waals surface area (Å²) in [5, 5.41) is 9.77. The van der Waals surface area contributed by atoms with Crippen LogP contribution in [0.4, 0.5) is 0 Å². The number of carboxylic acids is 1. The fourth-order valence-electron chi connectivity index (χ4n) is 18.0. The highest BCUT2D eigenvalue weighted by Gasteiger charge is 2.76. The van der Waals surface area contributed by atoms with E-state index in [9.17, 15) is 14.7 Å². The number of carboxylic acid groups (broad SMARTS) is 1. The number of rotatable bonds is 11. The fraction of sp³-hybridized carbons (Fsp3) is 0.768. The van der Waals surface area contributed by atoms with Gasteiger partial charge in [0, 0.05) is 49.2 Å². The number of aromatic nitrogens is 3. The smallest absolute Gasteiger partial charge is 0.309 e. The van der Waals surface area contributed by atoms with Crippen molar-refractivity contribution in [1.82, 2.24) is 24.3 Å². The predicted octanol–water partition coefficient (Wildman–Crippen LogP) is 11.3. The van der Waals surface area contributed by atoms with Gasteiger partial charge >= 0.3 is 11.9 Å². The largest absolute Gasteiger partial charge is 0.481 e. The van der Waals surface area contributed by atoms with Gasteiger partial charge in [-0.25, -0.2) is 4.98 Å². The maximum atomic E-state index is 16.1. The number of esters is 1. The topological polar surface area (TPSA) is 118 Å². The predicted molar refractivity (Wildman–Crippen MR) is 259 cm³/mol. The minimum atomic E-state index is -0.818. The molecule has 0 unspecified atom stereocenters. The number of hydrogen-bond donors (Lipinski definition) is 1. The molecule has 1 aliphatic heterocycles. The molecule has 9 rings (SSSR count). The first-order valence-corrected chi connectivity index (χ1v) is 26.0. The van der Waals surface area contributed by atoms with Crippen molar-refractivity contribution in [3.05, 3.63) is 48.7 Å². The zero-order chi connectivity index (χ0) is 47.6. The molecule has 362 valence electrons. The molecule has 0 aromatic carbocycles. The molecule has 1 N–H and O–H groups in total. The van der Waals surface area contributed by atoms with Crippen molar-refractivity contribution in [2.75, 3.05) is 27.2 Å². The number of carbonyl (C=O) groups excluding carboxylic acids is 2. The Hall–Kier alpha value is -3.53. The van der Waals surface area contributed by atoms with Crippen LogP contribution in [0.1, 0.15) is 164 Å². The van der Waals surface area contributed by atoms with Crippen LogP contribution in [-0.2, 0) is 25.7 Å². The number of pyridine rings is 1. The van der Waals surface area contributed by atoms with Crippen molar-refractivity contribution in [3.63, 3.8) is 0 Å². The number of allylic oxidation sites excluding steroid dienone is 1. The van der Waals surface area contributed by atoms with Crippen LogP contribution in [0.2, 0.25) is 0 Å². The molecule has 13 atom stereocenters. The number of likely N-dealkylation sites (N-methyl/N-ethyl adjacent to an activating group) is 1. The van der Waals surface area contributed by atoms with Crippen LogP contribution in [0.3, 0.4) is 0 Å². The number of likely N-dealkylation sites (tertiary alicyclic amines) is 1. The number of amides is 1. The summed E-state index contributed by atoms with van der Waals surface area (Å²) in [5.74, 6) is 1.16. The molecule has 0 bridgehead atoms. The van der Waals surface area contributed by atoms with E-state index in [4.69, 9.17) is 9.72 Å².